The Labute approximate surface area is 221 Å². The Morgan fingerprint density at radius 1 is 0.917 bits per heavy atom. The summed E-state index contributed by atoms with van der Waals surface area (Å²) >= 11 is 6.17. The minimum absolute atomic E-state index is 0.357. The maximum Gasteiger partial charge on any atom is 0.0918 e. The first-order valence-corrected chi connectivity index (χ1v) is 13.6. The van der Waals surface area contributed by atoms with E-state index in [0.29, 0.717) is 5.41 Å². The summed E-state index contributed by atoms with van der Waals surface area (Å²) in [4.78, 5) is 5.07. The Morgan fingerprint density at radius 2 is 1.58 bits per heavy atom. The van der Waals surface area contributed by atoms with Gasteiger partial charge in [-0.2, -0.15) is 0 Å². The monoisotopic (exact) mass is 502 g/mol. The van der Waals surface area contributed by atoms with E-state index in [-0.39, 0.29) is 0 Å². The molecule has 190 valence electrons. The van der Waals surface area contributed by atoms with E-state index in [1.807, 2.05) is 24.3 Å². The van der Waals surface area contributed by atoms with Crippen LogP contribution < -0.4 is 11.5 Å². The highest BCUT2D eigenvalue weighted by atomic mass is 35.5. The molecule has 1 heterocycles. The summed E-state index contributed by atoms with van der Waals surface area (Å²) in [5.41, 5.74) is 20.4. The molecule has 1 unspecified atom stereocenters. The number of nitrogens with zero attached hydrogens (tertiary/aromatic N) is 2. The van der Waals surface area contributed by atoms with Crippen molar-refractivity contribution in [3.63, 3.8) is 0 Å². The van der Waals surface area contributed by atoms with Gasteiger partial charge in [-0.3, -0.25) is 9.80 Å². The minimum Gasteiger partial charge on any atom is -0.399 e. The van der Waals surface area contributed by atoms with Gasteiger partial charge in [0.2, 0.25) is 0 Å². The van der Waals surface area contributed by atoms with E-state index in [9.17, 15) is 0 Å². The molecule has 0 aromatic heterocycles. The quantitative estimate of drug-likeness (QED) is 0.478. The van der Waals surface area contributed by atoms with Gasteiger partial charge >= 0.3 is 0 Å². The summed E-state index contributed by atoms with van der Waals surface area (Å²) in [6, 6.07) is 16.5. The molecule has 1 atom stereocenters. The summed E-state index contributed by atoms with van der Waals surface area (Å²) in [7, 11) is 0. The molecule has 0 radical (unpaired) electrons. The van der Waals surface area contributed by atoms with Crippen LogP contribution >= 0.6 is 11.6 Å². The zero-order valence-corrected chi connectivity index (χ0v) is 22.4. The molecule has 0 bridgehead atoms. The predicted molar refractivity (Wildman–Crippen MR) is 154 cm³/mol. The number of nitrogens with two attached hydrogens (primary N) is 2. The Morgan fingerprint density at radius 3 is 2.22 bits per heavy atom. The average molecular weight is 503 g/mol. The van der Waals surface area contributed by atoms with E-state index >= 15 is 0 Å². The summed E-state index contributed by atoms with van der Waals surface area (Å²) in [6.07, 6.45) is 11.0. The SMILES string of the molecule is CC1(C)CCC(c2ccc(Cl)cc2)=C(CN2CCN(C3(N)C=CC(c4ccc(N)cc4)=CC3)CC2)C1. The molecule has 2 aromatic rings. The minimum atomic E-state index is -0.413. The van der Waals surface area contributed by atoms with E-state index < -0.39 is 5.66 Å². The van der Waals surface area contributed by atoms with Crippen LogP contribution in [0.4, 0.5) is 5.69 Å². The summed E-state index contributed by atoms with van der Waals surface area (Å²) in [5.74, 6) is 0. The van der Waals surface area contributed by atoms with Crippen molar-refractivity contribution in [2.75, 3.05) is 38.5 Å². The second kappa shape index (κ2) is 10.2. The number of rotatable bonds is 5. The molecule has 0 saturated carbocycles. The van der Waals surface area contributed by atoms with Crippen LogP contribution in [-0.4, -0.2) is 48.2 Å². The number of allylic oxidation sites excluding steroid dienone is 3. The maximum atomic E-state index is 6.91. The zero-order valence-electron chi connectivity index (χ0n) is 21.6. The topological polar surface area (TPSA) is 58.5 Å². The van der Waals surface area contributed by atoms with E-state index in [4.69, 9.17) is 23.1 Å². The molecule has 5 rings (SSSR count). The van der Waals surface area contributed by atoms with Crippen molar-refractivity contribution in [2.45, 2.75) is 45.2 Å². The molecule has 4 nitrogen and oxygen atoms in total. The third kappa shape index (κ3) is 5.63. The first kappa shape index (κ1) is 25.3. The molecular weight excluding hydrogens is 464 g/mol. The molecule has 1 fully saturated rings. The van der Waals surface area contributed by atoms with Crippen molar-refractivity contribution >= 4 is 28.4 Å². The summed E-state index contributed by atoms with van der Waals surface area (Å²) < 4.78 is 0. The number of halogens is 1. The largest absolute Gasteiger partial charge is 0.399 e. The lowest BCUT2D eigenvalue weighted by atomic mass is 9.73. The smallest absolute Gasteiger partial charge is 0.0918 e. The third-order valence-corrected chi connectivity index (χ3v) is 8.44. The number of piperazine rings is 1. The van der Waals surface area contributed by atoms with Gasteiger partial charge in [0.25, 0.3) is 0 Å². The molecule has 36 heavy (non-hydrogen) atoms. The molecule has 0 spiro atoms. The van der Waals surface area contributed by atoms with E-state index in [1.165, 1.54) is 28.7 Å². The van der Waals surface area contributed by atoms with Crippen molar-refractivity contribution in [1.82, 2.24) is 9.80 Å². The number of hydrogen-bond acceptors (Lipinski definition) is 4. The number of hydrogen-bond donors (Lipinski definition) is 2. The molecule has 5 heteroatoms. The van der Waals surface area contributed by atoms with Crippen molar-refractivity contribution in [2.24, 2.45) is 11.1 Å². The second-order valence-electron chi connectivity index (χ2n) is 11.5. The van der Waals surface area contributed by atoms with Crippen LogP contribution in [0.15, 0.2) is 72.3 Å². The number of nitrogen functional groups attached to an aromatic ring is 1. The fourth-order valence-corrected chi connectivity index (χ4v) is 6.05. The summed E-state index contributed by atoms with van der Waals surface area (Å²) in [6.45, 7) is 9.91. The van der Waals surface area contributed by atoms with Gasteiger partial charge in [0.05, 0.1) is 5.66 Å². The van der Waals surface area contributed by atoms with E-state index in [1.54, 1.807) is 5.57 Å². The van der Waals surface area contributed by atoms with E-state index in [0.717, 1.165) is 62.7 Å². The number of benzene rings is 2. The lowest BCUT2D eigenvalue weighted by Crippen LogP contribution is -2.61. The van der Waals surface area contributed by atoms with E-state index in [2.05, 4.69) is 66.1 Å². The van der Waals surface area contributed by atoms with Crippen LogP contribution in [-0.2, 0) is 0 Å². The van der Waals surface area contributed by atoms with Gasteiger partial charge in [0.15, 0.2) is 0 Å². The maximum absolute atomic E-state index is 6.91. The van der Waals surface area contributed by atoms with Crippen molar-refractivity contribution in [3.05, 3.63) is 88.5 Å². The van der Waals surface area contributed by atoms with Gasteiger partial charge in [0, 0.05) is 49.9 Å². The van der Waals surface area contributed by atoms with Crippen molar-refractivity contribution in [3.8, 4) is 0 Å². The lowest BCUT2D eigenvalue weighted by molar-refractivity contribution is 0.0653. The summed E-state index contributed by atoms with van der Waals surface area (Å²) in [5, 5.41) is 0.802. The highest BCUT2D eigenvalue weighted by molar-refractivity contribution is 6.30. The molecule has 1 aliphatic heterocycles. The Kier molecular flexibility index (Phi) is 7.15. The normalized spacial score (nSPS) is 25.2. The molecule has 3 aliphatic rings. The van der Waals surface area contributed by atoms with Gasteiger partial charge < -0.3 is 11.5 Å². The van der Waals surface area contributed by atoms with Crippen molar-refractivity contribution < 1.29 is 0 Å². The van der Waals surface area contributed by atoms with Gasteiger partial charge in [-0.25, -0.2) is 0 Å². The standard InChI is InChI=1S/C31H39ClN4/c1-30(2)14-13-29(25-3-7-27(32)8-4-25)26(21-30)22-35-17-19-36(20-18-35)31(34)15-11-24(12-16-31)23-5-9-28(33)10-6-23/h3-12,15H,13-14,16-22,33-34H2,1-2H3. The van der Waals surface area contributed by atoms with Crippen molar-refractivity contribution in [1.29, 1.82) is 0 Å². The predicted octanol–water partition coefficient (Wildman–Crippen LogP) is 6.20. The first-order valence-electron chi connectivity index (χ1n) is 13.2. The molecule has 4 N–H and O–H groups in total. The molecular formula is C31H39ClN4. The van der Waals surface area contributed by atoms with Crippen LogP contribution in [0.2, 0.25) is 5.02 Å². The van der Waals surface area contributed by atoms with Crippen LogP contribution in [0.25, 0.3) is 11.1 Å². The van der Waals surface area contributed by atoms with Crippen LogP contribution in [0.3, 0.4) is 0 Å². The van der Waals surface area contributed by atoms with Gasteiger partial charge in [-0.1, -0.05) is 67.4 Å². The second-order valence-corrected chi connectivity index (χ2v) is 11.9. The van der Waals surface area contributed by atoms with Crippen LogP contribution in [0.1, 0.15) is 50.7 Å². The Hall–Kier alpha value is -2.37. The molecule has 0 amide bonds. The first-order chi connectivity index (χ1) is 17.2. The lowest BCUT2D eigenvalue weighted by Gasteiger charge is -2.45. The Bertz CT molecular complexity index is 1170. The fourth-order valence-electron chi connectivity index (χ4n) is 5.92. The fraction of sp³-hybridized carbons (Fsp3) is 0.419. The van der Waals surface area contributed by atoms with Gasteiger partial charge in [0.1, 0.15) is 0 Å². The number of anilines is 1. The van der Waals surface area contributed by atoms with Gasteiger partial charge in [-0.15, -0.1) is 0 Å². The average Bonchev–Trinajstić information content (AvgIpc) is 2.86. The van der Waals surface area contributed by atoms with Gasteiger partial charge in [-0.05, 0) is 77.3 Å². The third-order valence-electron chi connectivity index (χ3n) is 8.18. The zero-order chi connectivity index (χ0) is 25.3. The van der Waals surface area contributed by atoms with Crippen LogP contribution in [0, 0.1) is 5.41 Å². The highest BCUT2D eigenvalue weighted by Gasteiger charge is 2.34. The highest BCUT2D eigenvalue weighted by Crippen LogP contribution is 2.43. The molecule has 2 aliphatic carbocycles. The molecule has 1 saturated heterocycles. The van der Waals surface area contributed by atoms with Crippen LogP contribution in [0.5, 0.6) is 0 Å². The Balaban J connectivity index is 1.23. The molecule has 2 aromatic carbocycles.